The lowest BCUT2D eigenvalue weighted by molar-refractivity contribution is -0.140. The molecule has 1 aliphatic rings. The lowest BCUT2D eigenvalue weighted by Crippen LogP contribution is -1.99. The summed E-state index contributed by atoms with van der Waals surface area (Å²) in [7, 11) is 0. The number of ether oxygens (including phenoxy) is 1. The Hall–Kier alpha value is -0.570. The van der Waals surface area contributed by atoms with Crippen molar-refractivity contribution in [1.82, 2.24) is 0 Å². The second-order valence-corrected chi connectivity index (χ2v) is 4.76. The van der Waals surface area contributed by atoms with Crippen LogP contribution in [0.1, 0.15) is 66.7 Å². The van der Waals surface area contributed by atoms with E-state index in [0.29, 0.717) is 6.61 Å². The van der Waals surface area contributed by atoms with E-state index in [2.05, 4.69) is 11.7 Å². The molecule has 0 heterocycles. The van der Waals surface area contributed by atoms with Gasteiger partial charge in [-0.05, 0) is 26.7 Å². The molecule has 1 saturated carbocycles. The lowest BCUT2D eigenvalue weighted by Gasteiger charge is -2.15. The molecule has 0 radical (unpaired) electrons. The van der Waals surface area contributed by atoms with E-state index in [1.807, 2.05) is 0 Å². The van der Waals surface area contributed by atoms with Gasteiger partial charge in [0, 0.05) is 13.0 Å². The molecule has 0 unspecified atom stereocenters. The van der Waals surface area contributed by atoms with E-state index in [-0.39, 0.29) is 12.1 Å². The minimum absolute atomic E-state index is 0.167. The minimum atomic E-state index is -0.211. The second-order valence-electron chi connectivity index (χ2n) is 4.76. The maximum absolute atomic E-state index is 9.82. The van der Waals surface area contributed by atoms with Gasteiger partial charge in [-0.1, -0.05) is 39.0 Å². The van der Waals surface area contributed by atoms with Crippen LogP contribution >= 0.6 is 0 Å². The Morgan fingerprint density at radius 2 is 1.71 bits per heavy atom. The van der Waals surface area contributed by atoms with Crippen LogP contribution in [-0.4, -0.2) is 23.8 Å². The minimum Gasteiger partial charge on any atom is -0.466 e. The molecule has 1 rings (SSSR count). The van der Waals surface area contributed by atoms with Crippen molar-refractivity contribution in [2.24, 2.45) is 5.92 Å². The number of aliphatic hydroxyl groups is 1. The first-order valence-electron chi connectivity index (χ1n) is 6.71. The summed E-state index contributed by atoms with van der Waals surface area (Å²) < 4.78 is 4.40. The Labute approximate surface area is 107 Å². The topological polar surface area (TPSA) is 46.5 Å². The zero-order valence-corrected chi connectivity index (χ0v) is 12.2. The molecular weight excluding hydrogens is 216 g/mol. The molecule has 0 atom stereocenters. The van der Waals surface area contributed by atoms with Gasteiger partial charge in [0.1, 0.15) is 0 Å². The van der Waals surface area contributed by atoms with Crippen molar-refractivity contribution < 1.29 is 14.6 Å². The van der Waals surface area contributed by atoms with E-state index in [0.717, 1.165) is 5.92 Å². The SMILES string of the molecule is CC(C)O.CC1CCCCC1.CCOC(C)=O. The maximum Gasteiger partial charge on any atom is 0.302 e. The Bertz CT molecular complexity index is 158. The summed E-state index contributed by atoms with van der Waals surface area (Å²) in [4.78, 5) is 9.82. The normalized spacial score (nSPS) is 15.2. The molecule has 0 aromatic rings. The van der Waals surface area contributed by atoms with Crippen molar-refractivity contribution in [3.8, 4) is 0 Å². The van der Waals surface area contributed by atoms with Crippen LogP contribution in [0.4, 0.5) is 0 Å². The highest BCUT2D eigenvalue weighted by atomic mass is 16.5. The molecule has 0 spiro atoms. The molecule has 3 heteroatoms. The van der Waals surface area contributed by atoms with E-state index in [4.69, 9.17) is 5.11 Å². The molecule has 0 aromatic heterocycles. The van der Waals surface area contributed by atoms with Crippen LogP contribution in [0, 0.1) is 5.92 Å². The first kappa shape index (κ1) is 18.8. The van der Waals surface area contributed by atoms with Crippen molar-refractivity contribution in [3.05, 3.63) is 0 Å². The van der Waals surface area contributed by atoms with Gasteiger partial charge in [0.25, 0.3) is 0 Å². The third-order valence-electron chi connectivity index (χ3n) is 2.24. The highest BCUT2D eigenvalue weighted by Gasteiger charge is 2.05. The van der Waals surface area contributed by atoms with Gasteiger partial charge in [-0.15, -0.1) is 0 Å². The molecule has 0 aromatic carbocycles. The van der Waals surface area contributed by atoms with Gasteiger partial charge in [0.2, 0.25) is 0 Å². The number of carbonyl (C=O) groups excluding carboxylic acids is 1. The molecule has 1 N–H and O–H groups in total. The van der Waals surface area contributed by atoms with Crippen molar-refractivity contribution in [3.63, 3.8) is 0 Å². The molecule has 0 aliphatic heterocycles. The number of esters is 1. The summed E-state index contributed by atoms with van der Waals surface area (Å²) in [6.07, 6.45) is 7.27. The van der Waals surface area contributed by atoms with Gasteiger partial charge < -0.3 is 9.84 Å². The molecule has 0 saturated heterocycles. The van der Waals surface area contributed by atoms with Crippen molar-refractivity contribution >= 4 is 5.97 Å². The summed E-state index contributed by atoms with van der Waals surface area (Å²) in [5.41, 5.74) is 0. The number of aliphatic hydroxyl groups excluding tert-OH is 1. The molecule has 1 fully saturated rings. The number of hydrogen-bond donors (Lipinski definition) is 1. The van der Waals surface area contributed by atoms with Gasteiger partial charge >= 0.3 is 5.97 Å². The van der Waals surface area contributed by atoms with Gasteiger partial charge in [0.05, 0.1) is 6.61 Å². The first-order chi connectivity index (χ1) is 7.90. The Morgan fingerprint density at radius 1 is 1.29 bits per heavy atom. The summed E-state index contributed by atoms with van der Waals surface area (Å²) in [5, 5.41) is 8.06. The van der Waals surface area contributed by atoms with E-state index in [1.165, 1.54) is 39.0 Å². The fourth-order valence-corrected chi connectivity index (χ4v) is 1.51. The summed E-state index contributed by atoms with van der Waals surface area (Å²) in [6, 6.07) is 0. The van der Waals surface area contributed by atoms with Crippen LogP contribution in [0.2, 0.25) is 0 Å². The Morgan fingerprint density at radius 3 is 1.82 bits per heavy atom. The van der Waals surface area contributed by atoms with Gasteiger partial charge in [0.15, 0.2) is 0 Å². The number of carbonyl (C=O) groups is 1. The van der Waals surface area contributed by atoms with Crippen molar-refractivity contribution in [1.29, 1.82) is 0 Å². The fourth-order valence-electron chi connectivity index (χ4n) is 1.51. The molecular formula is C14H30O3. The van der Waals surface area contributed by atoms with Crippen molar-refractivity contribution in [2.45, 2.75) is 72.8 Å². The smallest absolute Gasteiger partial charge is 0.302 e. The van der Waals surface area contributed by atoms with E-state index >= 15 is 0 Å². The highest BCUT2D eigenvalue weighted by molar-refractivity contribution is 5.65. The maximum atomic E-state index is 9.82. The van der Waals surface area contributed by atoms with Crippen LogP contribution in [-0.2, 0) is 9.53 Å². The van der Waals surface area contributed by atoms with Gasteiger partial charge in [-0.3, -0.25) is 4.79 Å². The Kier molecular flexibility index (Phi) is 14.9. The average Bonchev–Trinajstić information content (AvgIpc) is 2.18. The van der Waals surface area contributed by atoms with Gasteiger partial charge in [-0.25, -0.2) is 0 Å². The summed E-state index contributed by atoms with van der Waals surface area (Å²) in [6.45, 7) is 9.46. The molecule has 17 heavy (non-hydrogen) atoms. The van der Waals surface area contributed by atoms with Gasteiger partial charge in [-0.2, -0.15) is 0 Å². The first-order valence-corrected chi connectivity index (χ1v) is 6.71. The second kappa shape index (κ2) is 13.5. The van der Waals surface area contributed by atoms with Crippen LogP contribution in [0.3, 0.4) is 0 Å². The third-order valence-corrected chi connectivity index (χ3v) is 2.24. The van der Waals surface area contributed by atoms with E-state index in [9.17, 15) is 4.79 Å². The average molecular weight is 246 g/mol. The molecule has 0 bridgehead atoms. The molecule has 104 valence electrons. The Balaban J connectivity index is 0. The zero-order valence-electron chi connectivity index (χ0n) is 12.2. The zero-order chi connectivity index (χ0) is 13.7. The monoisotopic (exact) mass is 246 g/mol. The van der Waals surface area contributed by atoms with Crippen LogP contribution < -0.4 is 0 Å². The quantitative estimate of drug-likeness (QED) is 0.720. The molecule has 0 amide bonds. The lowest BCUT2D eigenvalue weighted by atomic mass is 9.91. The van der Waals surface area contributed by atoms with Crippen molar-refractivity contribution in [2.75, 3.05) is 6.61 Å². The predicted molar refractivity (Wildman–Crippen MR) is 71.9 cm³/mol. The van der Waals surface area contributed by atoms with Crippen LogP contribution in [0.5, 0.6) is 0 Å². The number of rotatable bonds is 1. The highest BCUT2D eigenvalue weighted by Crippen LogP contribution is 2.22. The van der Waals surface area contributed by atoms with Crippen LogP contribution in [0.25, 0.3) is 0 Å². The summed E-state index contributed by atoms with van der Waals surface area (Å²) in [5.74, 6) is 0.825. The van der Waals surface area contributed by atoms with E-state index < -0.39 is 0 Å². The molecule has 3 nitrogen and oxygen atoms in total. The summed E-state index contributed by atoms with van der Waals surface area (Å²) >= 11 is 0. The van der Waals surface area contributed by atoms with Crippen LogP contribution in [0.15, 0.2) is 0 Å². The largest absolute Gasteiger partial charge is 0.466 e. The standard InChI is InChI=1S/C7H14.C4H8O2.C3H8O/c1-7-5-3-2-4-6-7;1-3-6-4(2)5;1-3(2)4/h7H,2-6H2,1H3;3H2,1-2H3;3-4H,1-2H3. The number of hydrogen-bond acceptors (Lipinski definition) is 3. The fraction of sp³-hybridized carbons (Fsp3) is 0.929. The molecule has 1 aliphatic carbocycles. The predicted octanol–water partition coefficient (Wildman–Crippen LogP) is 3.54. The third kappa shape index (κ3) is 25.6. The van der Waals surface area contributed by atoms with E-state index in [1.54, 1.807) is 20.8 Å².